The number of hydrogen-bond donors (Lipinski definition) is 3. The number of benzene rings is 2. The van der Waals surface area contributed by atoms with Crippen LogP contribution in [0.3, 0.4) is 0 Å². The number of allylic oxidation sites excluding steroid dienone is 1. The molecule has 0 aromatic heterocycles. The molecule has 0 bridgehead atoms. The van der Waals surface area contributed by atoms with Crippen molar-refractivity contribution in [2.24, 2.45) is 10.9 Å². The lowest BCUT2D eigenvalue weighted by Gasteiger charge is -2.17. The predicted molar refractivity (Wildman–Crippen MR) is 96.0 cm³/mol. The summed E-state index contributed by atoms with van der Waals surface area (Å²) in [5.41, 5.74) is 1.48. The van der Waals surface area contributed by atoms with Crippen LogP contribution >= 0.6 is 0 Å². The van der Waals surface area contributed by atoms with Gasteiger partial charge in [0.25, 0.3) is 0 Å². The van der Waals surface area contributed by atoms with Crippen molar-refractivity contribution in [3.05, 3.63) is 71.9 Å². The maximum atomic E-state index is 12.5. The Morgan fingerprint density at radius 1 is 0.962 bits per heavy atom. The number of nitrogens with zero attached hydrogens (tertiary/aromatic N) is 1. The molecule has 26 heavy (non-hydrogen) atoms. The molecule has 1 aliphatic rings. The highest BCUT2D eigenvalue weighted by molar-refractivity contribution is 5.67. The van der Waals surface area contributed by atoms with Crippen molar-refractivity contribution in [1.82, 2.24) is 0 Å². The van der Waals surface area contributed by atoms with Crippen molar-refractivity contribution in [3.8, 4) is 0 Å². The predicted octanol–water partition coefficient (Wildman–Crippen LogP) is 4.26. The van der Waals surface area contributed by atoms with Crippen LogP contribution in [0.1, 0.15) is 11.1 Å². The van der Waals surface area contributed by atoms with Gasteiger partial charge in [-0.15, -0.1) is 0 Å². The van der Waals surface area contributed by atoms with Gasteiger partial charge >= 0.3 is 6.18 Å². The van der Waals surface area contributed by atoms with E-state index in [9.17, 15) is 18.3 Å². The number of aliphatic hydroxyl groups excluding tert-OH is 1. The van der Waals surface area contributed by atoms with Gasteiger partial charge in [0.1, 0.15) is 0 Å². The molecule has 0 saturated heterocycles. The molecule has 2 aromatic rings. The number of aliphatic hydroxyl groups is 1. The van der Waals surface area contributed by atoms with Crippen molar-refractivity contribution >= 4 is 17.6 Å². The Morgan fingerprint density at radius 2 is 1.54 bits per heavy atom. The lowest BCUT2D eigenvalue weighted by molar-refractivity contribution is -0.137. The summed E-state index contributed by atoms with van der Waals surface area (Å²) in [4.78, 5) is 4.05. The van der Waals surface area contributed by atoms with Gasteiger partial charge in [-0.2, -0.15) is 13.2 Å². The molecule has 4 nitrogen and oxygen atoms in total. The molecule has 3 rings (SSSR count). The number of aliphatic imine (C=N–C) groups is 1. The number of hydrogen-bond acceptors (Lipinski definition) is 4. The second kappa shape index (κ2) is 7.61. The summed E-state index contributed by atoms with van der Waals surface area (Å²) in [5.74, 6) is 0.306. The van der Waals surface area contributed by atoms with Crippen LogP contribution in [0.15, 0.2) is 65.8 Å². The Hall–Kier alpha value is -2.80. The zero-order chi connectivity index (χ0) is 18.6. The third kappa shape index (κ3) is 4.86. The average molecular weight is 361 g/mol. The van der Waals surface area contributed by atoms with E-state index < -0.39 is 18.1 Å². The van der Waals surface area contributed by atoms with Crippen LogP contribution in [-0.4, -0.2) is 17.7 Å². The molecule has 2 atom stereocenters. The molecular weight excluding hydrogens is 343 g/mol. The van der Waals surface area contributed by atoms with E-state index in [0.717, 1.165) is 24.1 Å². The summed E-state index contributed by atoms with van der Waals surface area (Å²) in [5, 5.41) is 15.5. The zero-order valence-electron chi connectivity index (χ0n) is 13.7. The van der Waals surface area contributed by atoms with E-state index in [-0.39, 0.29) is 0 Å². The Bertz CT molecular complexity index is 771. The molecule has 0 radical (unpaired) electrons. The number of anilines is 2. The molecule has 7 heteroatoms. The van der Waals surface area contributed by atoms with Gasteiger partial charge in [-0.3, -0.25) is 4.99 Å². The smallest absolute Gasteiger partial charge is 0.357 e. The Kier molecular flexibility index (Phi) is 5.27. The molecule has 1 heterocycles. The van der Waals surface area contributed by atoms with Crippen LogP contribution in [0.4, 0.5) is 24.5 Å². The lowest BCUT2D eigenvalue weighted by Crippen LogP contribution is -2.27. The van der Waals surface area contributed by atoms with Crippen molar-refractivity contribution < 1.29 is 18.3 Å². The molecule has 1 aliphatic heterocycles. The fourth-order valence-corrected chi connectivity index (χ4v) is 2.61. The maximum Gasteiger partial charge on any atom is 0.416 e. The highest BCUT2D eigenvalue weighted by Crippen LogP contribution is 2.29. The second-order valence-corrected chi connectivity index (χ2v) is 5.97. The number of halogens is 3. The second-order valence-electron chi connectivity index (χ2n) is 5.97. The SMILES string of the molecule is OC(Nc1ccc(CC2C=CN=C2)cc1)Nc1ccc(C(F)(F)F)cc1. The van der Waals surface area contributed by atoms with Gasteiger partial charge in [0, 0.05) is 29.7 Å². The van der Waals surface area contributed by atoms with Crippen LogP contribution in [0.2, 0.25) is 0 Å². The van der Waals surface area contributed by atoms with Crippen molar-refractivity contribution in [2.75, 3.05) is 10.6 Å². The van der Waals surface area contributed by atoms with E-state index in [2.05, 4.69) is 15.6 Å². The molecule has 0 fully saturated rings. The molecule has 136 valence electrons. The maximum absolute atomic E-state index is 12.5. The van der Waals surface area contributed by atoms with Crippen LogP contribution in [0.25, 0.3) is 0 Å². The van der Waals surface area contributed by atoms with E-state index in [1.165, 1.54) is 12.1 Å². The van der Waals surface area contributed by atoms with Gasteiger partial charge in [0.05, 0.1) is 5.56 Å². The van der Waals surface area contributed by atoms with Gasteiger partial charge in [-0.05, 0) is 48.4 Å². The molecule has 2 aromatic carbocycles. The largest absolute Gasteiger partial charge is 0.416 e. The van der Waals surface area contributed by atoms with Crippen molar-refractivity contribution in [1.29, 1.82) is 0 Å². The average Bonchev–Trinajstić information content (AvgIpc) is 3.09. The molecule has 0 aliphatic carbocycles. The third-order valence-electron chi connectivity index (χ3n) is 3.94. The van der Waals surface area contributed by atoms with Crippen LogP contribution in [0.5, 0.6) is 0 Å². The van der Waals surface area contributed by atoms with Gasteiger partial charge in [-0.25, -0.2) is 0 Å². The topological polar surface area (TPSA) is 56.6 Å². The monoisotopic (exact) mass is 361 g/mol. The van der Waals surface area contributed by atoms with Gasteiger partial charge in [-0.1, -0.05) is 18.2 Å². The summed E-state index contributed by atoms with van der Waals surface area (Å²) in [6.45, 7) is 0. The van der Waals surface area contributed by atoms with Crippen molar-refractivity contribution in [3.63, 3.8) is 0 Å². The summed E-state index contributed by atoms with van der Waals surface area (Å²) in [7, 11) is 0. The Morgan fingerprint density at radius 3 is 2.04 bits per heavy atom. The molecule has 0 amide bonds. The third-order valence-corrected chi connectivity index (χ3v) is 3.94. The normalized spacial score (nSPS) is 17.3. The van der Waals surface area contributed by atoms with Crippen molar-refractivity contribution in [2.45, 2.75) is 18.9 Å². The summed E-state index contributed by atoms with van der Waals surface area (Å²) < 4.78 is 37.6. The summed E-state index contributed by atoms with van der Waals surface area (Å²) in [6.07, 6.45) is 1.05. The van der Waals surface area contributed by atoms with E-state index in [0.29, 0.717) is 17.3 Å². The van der Waals surface area contributed by atoms with E-state index in [1.54, 1.807) is 6.20 Å². The zero-order valence-corrected chi connectivity index (χ0v) is 13.7. The minimum absolute atomic E-state index is 0.306. The number of nitrogens with one attached hydrogen (secondary N) is 2. The van der Waals surface area contributed by atoms with E-state index in [4.69, 9.17) is 0 Å². The molecular formula is C19H18F3N3O. The Balaban J connectivity index is 1.53. The number of rotatable bonds is 6. The van der Waals surface area contributed by atoms with Crippen LogP contribution < -0.4 is 10.6 Å². The summed E-state index contributed by atoms with van der Waals surface area (Å²) >= 11 is 0. The molecule has 0 spiro atoms. The highest BCUT2D eigenvalue weighted by Gasteiger charge is 2.29. The van der Waals surface area contributed by atoms with Gasteiger partial charge in [0.2, 0.25) is 6.35 Å². The minimum Gasteiger partial charge on any atom is -0.357 e. The fourth-order valence-electron chi connectivity index (χ4n) is 2.61. The fraction of sp³-hybridized carbons (Fsp3) is 0.211. The Labute approximate surface area is 149 Å². The molecule has 3 N–H and O–H groups in total. The van der Waals surface area contributed by atoms with E-state index >= 15 is 0 Å². The quantitative estimate of drug-likeness (QED) is 0.674. The van der Waals surface area contributed by atoms with Gasteiger partial charge < -0.3 is 15.7 Å². The van der Waals surface area contributed by atoms with Gasteiger partial charge in [0.15, 0.2) is 0 Å². The summed E-state index contributed by atoms with van der Waals surface area (Å²) in [6, 6.07) is 12.0. The van der Waals surface area contributed by atoms with E-state index in [1.807, 2.05) is 36.6 Å². The first-order valence-corrected chi connectivity index (χ1v) is 8.07. The first kappa shape index (κ1) is 18.0. The minimum atomic E-state index is -4.38. The lowest BCUT2D eigenvalue weighted by atomic mass is 10.0. The first-order valence-electron chi connectivity index (χ1n) is 8.07. The molecule has 2 unspecified atom stereocenters. The standard InChI is InChI=1S/C19H18F3N3O/c20-19(21,22)15-3-7-17(8-4-15)25-18(26)24-16-5-1-13(2-6-16)11-14-9-10-23-12-14/h1-10,12,14,18,24-26H,11H2. The highest BCUT2D eigenvalue weighted by atomic mass is 19.4. The number of alkyl halides is 3. The first-order chi connectivity index (χ1) is 12.4. The van der Waals surface area contributed by atoms with Crippen LogP contribution in [0, 0.1) is 5.92 Å². The van der Waals surface area contributed by atoms with Crippen LogP contribution in [-0.2, 0) is 12.6 Å². The molecule has 0 saturated carbocycles.